The van der Waals surface area contributed by atoms with E-state index >= 15 is 0 Å². The summed E-state index contributed by atoms with van der Waals surface area (Å²) in [6.45, 7) is 16.5. The summed E-state index contributed by atoms with van der Waals surface area (Å²) in [5.74, 6) is 0. The minimum absolute atomic E-state index is 0.536. The van der Waals surface area contributed by atoms with Gasteiger partial charge in [-0.25, -0.2) is 0 Å². The lowest BCUT2D eigenvalue weighted by Crippen LogP contribution is -2.15. The van der Waals surface area contributed by atoms with E-state index in [1.54, 1.807) is 0 Å². The molecule has 0 aromatic heterocycles. The van der Waals surface area contributed by atoms with Gasteiger partial charge in [-0.05, 0) is 12.8 Å². The normalized spacial score (nSPS) is 11.7. The largest absolute Gasteiger partial charge is 0.379 e. The van der Waals surface area contributed by atoms with Crippen LogP contribution in [0.25, 0.3) is 0 Å². The molecule has 10 heteroatoms. The van der Waals surface area contributed by atoms with E-state index < -0.39 is 0 Å². The molecule has 0 saturated carbocycles. The lowest BCUT2D eigenvalue weighted by Gasteiger charge is -2.09. The number of rotatable bonds is 56. The Bertz CT molecular complexity index is 648. The van der Waals surface area contributed by atoms with Crippen molar-refractivity contribution < 1.29 is 47.4 Å². The maximum atomic E-state index is 5.71. The molecule has 0 aromatic rings. The van der Waals surface area contributed by atoms with Gasteiger partial charge in [-0.2, -0.15) is 0 Å². The zero-order chi connectivity index (χ0) is 42.3. The second-order valence-electron chi connectivity index (χ2n) is 16.0. The topological polar surface area (TPSA) is 92.3 Å². The standard InChI is InChI=1S/C49H100O10/c1-3-5-7-9-11-13-15-16-17-18-19-21-23-25-27-29-31-51-33-35-53-37-39-55-41-43-57-45-47-59-49-48-58-46-44-56-42-40-54-38-36-52-34-32-50-30-28-26-24-22-20-14-12-10-8-6-4-2/h3-49H2,1-2H3. The van der Waals surface area contributed by atoms with Gasteiger partial charge in [0.1, 0.15) is 0 Å². The van der Waals surface area contributed by atoms with Gasteiger partial charge in [-0.1, -0.05) is 174 Å². The molecule has 0 saturated heterocycles. The van der Waals surface area contributed by atoms with Crippen LogP contribution in [0.4, 0.5) is 0 Å². The van der Waals surface area contributed by atoms with Crippen LogP contribution in [0.3, 0.4) is 0 Å². The van der Waals surface area contributed by atoms with Gasteiger partial charge in [-0.15, -0.1) is 0 Å². The average molecular weight is 849 g/mol. The summed E-state index contributed by atoms with van der Waals surface area (Å²) in [6, 6.07) is 0. The molecule has 0 aromatic carbocycles. The van der Waals surface area contributed by atoms with Gasteiger partial charge in [-0.3, -0.25) is 0 Å². The third-order valence-electron chi connectivity index (χ3n) is 10.4. The van der Waals surface area contributed by atoms with E-state index in [1.165, 1.54) is 161 Å². The highest BCUT2D eigenvalue weighted by molar-refractivity contribution is 4.51. The molecule has 0 amide bonds. The van der Waals surface area contributed by atoms with Gasteiger partial charge in [0.05, 0.1) is 119 Å². The van der Waals surface area contributed by atoms with E-state index in [2.05, 4.69) is 13.8 Å². The van der Waals surface area contributed by atoms with E-state index in [4.69, 9.17) is 47.4 Å². The fourth-order valence-corrected chi connectivity index (χ4v) is 6.70. The zero-order valence-electron chi connectivity index (χ0n) is 39.3. The Kier molecular flexibility index (Phi) is 57.2. The lowest BCUT2D eigenvalue weighted by molar-refractivity contribution is -0.0264. The van der Waals surface area contributed by atoms with Gasteiger partial charge in [0.2, 0.25) is 0 Å². The third-order valence-corrected chi connectivity index (χ3v) is 10.4. The number of unbranched alkanes of at least 4 members (excludes halogenated alkanes) is 25. The average Bonchev–Trinajstić information content (AvgIpc) is 3.25. The van der Waals surface area contributed by atoms with Gasteiger partial charge >= 0.3 is 0 Å². The molecule has 356 valence electrons. The lowest BCUT2D eigenvalue weighted by atomic mass is 10.0. The molecule has 0 aliphatic carbocycles. The van der Waals surface area contributed by atoms with Crippen LogP contribution < -0.4 is 0 Å². The summed E-state index contributed by atoms with van der Waals surface area (Å²) < 4.78 is 55.8. The maximum absolute atomic E-state index is 5.71. The Morgan fingerprint density at radius 2 is 0.254 bits per heavy atom. The Labute approximate surface area is 365 Å². The molecule has 0 spiro atoms. The SMILES string of the molecule is CCCCCCCCCCCCCCCCCCOCCOCCOCCOCCOCCOCCOCCOCCOCCOCCCCCCCCCCCCC. The number of hydrogen-bond donors (Lipinski definition) is 0. The van der Waals surface area contributed by atoms with Crippen molar-refractivity contribution in [2.75, 3.05) is 132 Å². The van der Waals surface area contributed by atoms with E-state index in [1.807, 2.05) is 0 Å². The first kappa shape index (κ1) is 58.6. The Morgan fingerprint density at radius 3 is 0.407 bits per heavy atom. The van der Waals surface area contributed by atoms with Crippen molar-refractivity contribution >= 4 is 0 Å². The van der Waals surface area contributed by atoms with Crippen molar-refractivity contribution in [1.29, 1.82) is 0 Å². The van der Waals surface area contributed by atoms with Crippen LogP contribution >= 0.6 is 0 Å². The van der Waals surface area contributed by atoms with Crippen molar-refractivity contribution in [2.45, 2.75) is 187 Å². The second kappa shape index (κ2) is 57.6. The first-order valence-corrected chi connectivity index (χ1v) is 25.2. The summed E-state index contributed by atoms with van der Waals surface area (Å²) >= 11 is 0. The zero-order valence-corrected chi connectivity index (χ0v) is 39.3. The monoisotopic (exact) mass is 849 g/mol. The van der Waals surface area contributed by atoms with Crippen molar-refractivity contribution in [3.05, 3.63) is 0 Å². The molecule has 0 atom stereocenters. The highest BCUT2D eigenvalue weighted by atomic mass is 16.6. The summed E-state index contributed by atoms with van der Waals surface area (Å²) in [5.41, 5.74) is 0. The second-order valence-corrected chi connectivity index (χ2v) is 16.0. The van der Waals surface area contributed by atoms with Gasteiger partial charge in [0.25, 0.3) is 0 Å². The van der Waals surface area contributed by atoms with Gasteiger partial charge in [0.15, 0.2) is 0 Å². The van der Waals surface area contributed by atoms with Crippen LogP contribution in [-0.4, -0.2) is 132 Å². The number of ether oxygens (including phenoxy) is 10. The molecule has 0 rings (SSSR count). The first-order chi connectivity index (χ1) is 29.4. The molecular weight excluding hydrogens is 749 g/mol. The van der Waals surface area contributed by atoms with Gasteiger partial charge in [0, 0.05) is 13.2 Å². The van der Waals surface area contributed by atoms with Crippen molar-refractivity contribution in [3.8, 4) is 0 Å². The predicted molar refractivity (Wildman–Crippen MR) is 244 cm³/mol. The van der Waals surface area contributed by atoms with Crippen LogP contribution in [0.5, 0.6) is 0 Å². The van der Waals surface area contributed by atoms with E-state index in [0.29, 0.717) is 119 Å². The molecule has 0 aliphatic rings. The molecule has 0 N–H and O–H groups in total. The Balaban J connectivity index is 3.06. The van der Waals surface area contributed by atoms with Crippen molar-refractivity contribution in [2.24, 2.45) is 0 Å². The van der Waals surface area contributed by atoms with Crippen LogP contribution in [0, 0.1) is 0 Å². The first-order valence-electron chi connectivity index (χ1n) is 25.2. The minimum Gasteiger partial charge on any atom is -0.379 e. The Hall–Kier alpha value is -0.400. The van der Waals surface area contributed by atoms with E-state index in [9.17, 15) is 0 Å². The summed E-state index contributed by atoms with van der Waals surface area (Å²) in [7, 11) is 0. The van der Waals surface area contributed by atoms with Crippen molar-refractivity contribution in [3.63, 3.8) is 0 Å². The highest BCUT2D eigenvalue weighted by Crippen LogP contribution is 2.14. The molecule has 0 bridgehead atoms. The molecule has 0 radical (unpaired) electrons. The molecule has 0 aliphatic heterocycles. The van der Waals surface area contributed by atoms with Crippen LogP contribution in [0.15, 0.2) is 0 Å². The molecule has 0 heterocycles. The minimum atomic E-state index is 0.536. The van der Waals surface area contributed by atoms with E-state index in [-0.39, 0.29) is 0 Å². The quantitative estimate of drug-likeness (QED) is 0.0551. The summed E-state index contributed by atoms with van der Waals surface area (Å²) in [6.07, 6.45) is 37.2. The molecule has 59 heavy (non-hydrogen) atoms. The molecule has 10 nitrogen and oxygen atoms in total. The van der Waals surface area contributed by atoms with Crippen LogP contribution in [0.2, 0.25) is 0 Å². The summed E-state index contributed by atoms with van der Waals surface area (Å²) in [4.78, 5) is 0. The molecular formula is C49H100O10. The maximum Gasteiger partial charge on any atom is 0.0701 e. The predicted octanol–water partition coefficient (Wildman–Crippen LogP) is 11.7. The molecule has 0 unspecified atom stereocenters. The van der Waals surface area contributed by atoms with Crippen LogP contribution in [0.1, 0.15) is 187 Å². The fraction of sp³-hybridized carbons (Fsp3) is 1.00. The smallest absolute Gasteiger partial charge is 0.0701 e. The third kappa shape index (κ3) is 57.6. The molecule has 0 fully saturated rings. The number of hydrogen-bond acceptors (Lipinski definition) is 10. The van der Waals surface area contributed by atoms with Crippen molar-refractivity contribution in [1.82, 2.24) is 0 Å². The fourth-order valence-electron chi connectivity index (χ4n) is 6.70. The highest BCUT2D eigenvalue weighted by Gasteiger charge is 1.99. The Morgan fingerprint density at radius 1 is 0.136 bits per heavy atom. The van der Waals surface area contributed by atoms with Gasteiger partial charge < -0.3 is 47.4 Å². The van der Waals surface area contributed by atoms with Crippen LogP contribution in [-0.2, 0) is 47.4 Å². The summed E-state index contributed by atoms with van der Waals surface area (Å²) in [5, 5.41) is 0. The van der Waals surface area contributed by atoms with E-state index in [0.717, 1.165) is 26.1 Å².